The topological polar surface area (TPSA) is 32.6 Å². The van der Waals surface area contributed by atoms with E-state index in [4.69, 9.17) is 4.74 Å². The number of hydrogen-bond acceptors (Lipinski definition) is 2. The minimum atomic E-state index is -0.304. The highest BCUT2D eigenvalue weighted by Crippen LogP contribution is 2.24. The maximum atomic E-state index is 12.3. The van der Waals surface area contributed by atoms with Crippen molar-refractivity contribution in [2.24, 2.45) is 0 Å². The van der Waals surface area contributed by atoms with Gasteiger partial charge in [-0.05, 0) is 45.0 Å². The van der Waals surface area contributed by atoms with E-state index in [1.807, 2.05) is 66.4 Å². The maximum absolute atomic E-state index is 12.3. The molecular formula is C20H25N2O2+. The number of hydrogen-bond donors (Lipinski definition) is 0. The van der Waals surface area contributed by atoms with Crippen LogP contribution in [-0.2, 0) is 4.74 Å². The van der Waals surface area contributed by atoms with E-state index in [-0.39, 0.29) is 5.97 Å². The van der Waals surface area contributed by atoms with Gasteiger partial charge in [0.15, 0.2) is 0 Å². The van der Waals surface area contributed by atoms with Gasteiger partial charge in [-0.25, -0.2) is 4.79 Å². The third-order valence-electron chi connectivity index (χ3n) is 3.78. The van der Waals surface area contributed by atoms with Gasteiger partial charge in [0, 0.05) is 0 Å². The summed E-state index contributed by atoms with van der Waals surface area (Å²) in [7, 11) is 0. The molecule has 0 unspecified atom stereocenters. The molecule has 0 spiro atoms. The van der Waals surface area contributed by atoms with Gasteiger partial charge < -0.3 is 4.74 Å². The van der Waals surface area contributed by atoms with E-state index < -0.39 is 0 Å². The van der Waals surface area contributed by atoms with Gasteiger partial charge in [-0.1, -0.05) is 30.3 Å². The third-order valence-corrected chi connectivity index (χ3v) is 3.78. The Labute approximate surface area is 144 Å². The molecule has 0 saturated carbocycles. The fraction of sp³-hybridized carbons (Fsp3) is 0.300. The van der Waals surface area contributed by atoms with Crippen molar-refractivity contribution in [3.8, 4) is 0 Å². The van der Waals surface area contributed by atoms with Crippen LogP contribution in [-0.4, -0.2) is 36.9 Å². The summed E-state index contributed by atoms with van der Waals surface area (Å²) in [5.41, 5.74) is 2.38. The summed E-state index contributed by atoms with van der Waals surface area (Å²) in [5, 5.41) is 0. The van der Waals surface area contributed by atoms with E-state index in [2.05, 4.69) is 18.7 Å². The van der Waals surface area contributed by atoms with Crippen molar-refractivity contribution in [2.75, 3.05) is 19.7 Å². The normalized spacial score (nSPS) is 11.2. The second-order valence-corrected chi connectivity index (χ2v) is 5.28. The number of benzene rings is 2. The van der Waals surface area contributed by atoms with Crippen molar-refractivity contribution >= 4 is 23.7 Å². The molecule has 2 aromatic carbocycles. The Hall–Kier alpha value is -2.62. The largest absolute Gasteiger partial charge is 0.462 e. The molecule has 0 bridgehead atoms. The standard InChI is InChI=1S/C20H25N2O2/c1-4-21(5-2)16-22(17-12-8-7-9-13-17)19-15-11-10-14-18(19)20(23)24-6-3/h7-16H,4-6H2,1-3H3/q+1. The first-order valence-corrected chi connectivity index (χ1v) is 8.40. The molecule has 0 heterocycles. The van der Waals surface area contributed by atoms with Gasteiger partial charge in [0.05, 0.1) is 19.7 Å². The average Bonchev–Trinajstić information content (AvgIpc) is 2.64. The van der Waals surface area contributed by atoms with Crippen LogP contribution in [0.4, 0.5) is 11.4 Å². The van der Waals surface area contributed by atoms with E-state index in [0.29, 0.717) is 12.2 Å². The first kappa shape index (κ1) is 17.7. The zero-order chi connectivity index (χ0) is 17.4. The lowest BCUT2D eigenvalue weighted by atomic mass is 10.1. The lowest BCUT2D eigenvalue weighted by Crippen LogP contribution is -2.27. The quantitative estimate of drug-likeness (QED) is 0.333. The number of para-hydroxylation sites is 2. The molecule has 0 aromatic heterocycles. The number of carbonyl (C=O) groups is 1. The zero-order valence-corrected chi connectivity index (χ0v) is 14.6. The summed E-state index contributed by atoms with van der Waals surface area (Å²) in [6.07, 6.45) is 2.05. The van der Waals surface area contributed by atoms with Crippen LogP contribution >= 0.6 is 0 Å². The van der Waals surface area contributed by atoms with E-state index in [0.717, 1.165) is 24.5 Å². The van der Waals surface area contributed by atoms with Crippen molar-refractivity contribution in [3.63, 3.8) is 0 Å². The molecule has 0 fully saturated rings. The minimum absolute atomic E-state index is 0.304. The molecule has 4 heteroatoms. The number of carbonyl (C=O) groups excluding carboxylic acids is 1. The van der Waals surface area contributed by atoms with Crippen LogP contribution in [0.1, 0.15) is 31.1 Å². The molecule has 0 saturated heterocycles. The molecule has 0 aliphatic rings. The van der Waals surface area contributed by atoms with Crippen LogP contribution in [0.15, 0.2) is 54.6 Å². The van der Waals surface area contributed by atoms with Crippen LogP contribution in [0.25, 0.3) is 0 Å². The number of rotatable bonds is 7. The molecular weight excluding hydrogens is 300 g/mol. The van der Waals surface area contributed by atoms with Crippen molar-refractivity contribution < 1.29 is 9.53 Å². The summed E-state index contributed by atoms with van der Waals surface area (Å²) < 4.78 is 7.26. The van der Waals surface area contributed by atoms with Crippen molar-refractivity contribution in [3.05, 3.63) is 60.2 Å². The molecule has 0 radical (unpaired) electrons. The highest BCUT2D eigenvalue weighted by Gasteiger charge is 2.20. The van der Waals surface area contributed by atoms with Crippen LogP contribution < -0.4 is 4.58 Å². The minimum Gasteiger partial charge on any atom is -0.462 e. The fourth-order valence-electron chi connectivity index (χ4n) is 2.47. The van der Waals surface area contributed by atoms with Crippen LogP contribution in [0, 0.1) is 0 Å². The lowest BCUT2D eigenvalue weighted by molar-refractivity contribution is 0.0527. The van der Waals surface area contributed by atoms with Crippen LogP contribution in [0.2, 0.25) is 0 Å². The Morgan fingerprint density at radius 2 is 1.62 bits per heavy atom. The molecule has 4 nitrogen and oxygen atoms in total. The Bertz CT molecular complexity index is 692. The first-order chi connectivity index (χ1) is 11.7. The van der Waals surface area contributed by atoms with Gasteiger partial charge in [-0.2, -0.15) is 4.58 Å². The number of nitrogens with zero attached hydrogens (tertiary/aromatic N) is 2. The van der Waals surface area contributed by atoms with Gasteiger partial charge in [0.1, 0.15) is 16.9 Å². The predicted molar refractivity (Wildman–Crippen MR) is 99.3 cm³/mol. The van der Waals surface area contributed by atoms with Gasteiger partial charge in [0.25, 0.3) is 0 Å². The van der Waals surface area contributed by atoms with Gasteiger partial charge in [-0.15, -0.1) is 0 Å². The smallest absolute Gasteiger partial charge is 0.342 e. The van der Waals surface area contributed by atoms with Crippen molar-refractivity contribution in [1.29, 1.82) is 0 Å². The summed E-state index contributed by atoms with van der Waals surface area (Å²) >= 11 is 0. The van der Waals surface area contributed by atoms with Gasteiger partial charge in [0.2, 0.25) is 6.34 Å². The Morgan fingerprint density at radius 1 is 1.00 bits per heavy atom. The van der Waals surface area contributed by atoms with E-state index in [9.17, 15) is 4.79 Å². The maximum Gasteiger partial charge on any atom is 0.342 e. The molecule has 0 N–H and O–H groups in total. The third kappa shape index (κ3) is 4.22. The van der Waals surface area contributed by atoms with Gasteiger partial charge >= 0.3 is 5.97 Å². The highest BCUT2D eigenvalue weighted by atomic mass is 16.5. The van der Waals surface area contributed by atoms with Gasteiger partial charge in [-0.3, -0.25) is 4.90 Å². The summed E-state index contributed by atoms with van der Waals surface area (Å²) in [6.45, 7) is 8.18. The monoisotopic (exact) mass is 325 g/mol. The molecule has 0 atom stereocenters. The van der Waals surface area contributed by atoms with Crippen LogP contribution in [0.3, 0.4) is 0 Å². The highest BCUT2D eigenvalue weighted by molar-refractivity contribution is 5.96. The van der Waals surface area contributed by atoms with Crippen LogP contribution in [0.5, 0.6) is 0 Å². The van der Waals surface area contributed by atoms with E-state index in [1.54, 1.807) is 6.07 Å². The Morgan fingerprint density at radius 3 is 2.25 bits per heavy atom. The van der Waals surface area contributed by atoms with Crippen molar-refractivity contribution in [2.45, 2.75) is 20.8 Å². The fourth-order valence-corrected chi connectivity index (χ4v) is 2.47. The molecule has 2 aromatic rings. The molecule has 0 aliphatic heterocycles. The average molecular weight is 325 g/mol. The Balaban J connectivity index is 2.59. The predicted octanol–water partition coefficient (Wildman–Crippen LogP) is 4.07. The molecule has 126 valence electrons. The SMILES string of the molecule is CCOC(=O)c1ccccc1[N+](=CN(CC)CC)c1ccccc1. The molecule has 2 rings (SSSR count). The molecule has 0 aliphatic carbocycles. The second-order valence-electron chi connectivity index (χ2n) is 5.28. The van der Waals surface area contributed by atoms with E-state index >= 15 is 0 Å². The summed E-state index contributed by atoms with van der Waals surface area (Å²) in [5.74, 6) is -0.304. The second kappa shape index (κ2) is 8.87. The number of esters is 1. The van der Waals surface area contributed by atoms with E-state index in [1.165, 1.54) is 0 Å². The lowest BCUT2D eigenvalue weighted by Gasteiger charge is -2.15. The zero-order valence-electron chi connectivity index (χ0n) is 14.6. The Kier molecular flexibility index (Phi) is 6.55. The van der Waals surface area contributed by atoms with Crippen molar-refractivity contribution in [1.82, 2.24) is 9.48 Å². The molecule has 0 amide bonds. The summed E-state index contributed by atoms with van der Waals surface area (Å²) in [6, 6.07) is 17.6. The summed E-state index contributed by atoms with van der Waals surface area (Å²) in [4.78, 5) is 14.5. The molecule has 24 heavy (non-hydrogen) atoms. The first-order valence-electron chi connectivity index (χ1n) is 8.40. The number of ether oxygens (including phenoxy) is 1.